The highest BCUT2D eigenvalue weighted by Gasteiger charge is 2.23. The van der Waals surface area contributed by atoms with Crippen molar-refractivity contribution in [2.24, 2.45) is 5.92 Å². The summed E-state index contributed by atoms with van der Waals surface area (Å²) >= 11 is 0. The number of carbonyl (C=O) groups excluding carboxylic acids is 1. The maximum absolute atomic E-state index is 12.0. The molecule has 1 aromatic rings. The van der Waals surface area contributed by atoms with E-state index >= 15 is 0 Å². The van der Waals surface area contributed by atoms with E-state index in [1.54, 1.807) is 11.1 Å². The zero-order valence-electron chi connectivity index (χ0n) is 14.2. The first kappa shape index (κ1) is 17.2. The van der Waals surface area contributed by atoms with Crippen LogP contribution in [0, 0.1) is 12.8 Å². The number of allylic oxidation sites excluding steroid dienone is 1. The molecular formula is C17H26N4O2. The van der Waals surface area contributed by atoms with Gasteiger partial charge in [0.25, 0.3) is 0 Å². The summed E-state index contributed by atoms with van der Waals surface area (Å²) in [6.45, 7) is 8.56. The van der Waals surface area contributed by atoms with E-state index in [0.717, 1.165) is 43.7 Å². The van der Waals surface area contributed by atoms with Crippen LogP contribution >= 0.6 is 0 Å². The van der Waals surface area contributed by atoms with Crippen molar-refractivity contribution in [1.29, 1.82) is 0 Å². The monoisotopic (exact) mass is 318 g/mol. The number of hydrogen-bond donors (Lipinski definition) is 1. The second-order valence-corrected chi connectivity index (χ2v) is 6.02. The van der Waals surface area contributed by atoms with Crippen molar-refractivity contribution >= 4 is 12.0 Å². The molecule has 0 aromatic carbocycles. The number of likely N-dealkylation sites (tertiary alicyclic amines) is 1. The molecular weight excluding hydrogens is 292 g/mol. The molecule has 1 fully saturated rings. The van der Waals surface area contributed by atoms with Crippen molar-refractivity contribution in [3.63, 3.8) is 0 Å². The minimum Gasteiger partial charge on any atom is -0.445 e. The SMILES string of the molecule is C/C=C(\C)COC(=O)N1CCC(CNc2nccc(C)n2)CC1. The van der Waals surface area contributed by atoms with Gasteiger partial charge in [0.15, 0.2) is 0 Å². The molecule has 2 heterocycles. The largest absolute Gasteiger partial charge is 0.445 e. The summed E-state index contributed by atoms with van der Waals surface area (Å²) in [4.78, 5) is 22.3. The molecule has 1 saturated heterocycles. The maximum Gasteiger partial charge on any atom is 0.410 e. The number of rotatable bonds is 5. The third-order valence-electron chi connectivity index (χ3n) is 4.13. The van der Waals surface area contributed by atoms with Gasteiger partial charge in [-0.25, -0.2) is 14.8 Å². The molecule has 126 valence electrons. The normalized spacial score (nSPS) is 16.3. The van der Waals surface area contributed by atoms with Gasteiger partial charge in [-0.15, -0.1) is 0 Å². The molecule has 23 heavy (non-hydrogen) atoms. The molecule has 1 aromatic heterocycles. The number of nitrogens with one attached hydrogen (secondary N) is 1. The minimum atomic E-state index is -0.209. The standard InChI is InChI=1S/C17H26N4O2/c1-4-13(2)12-23-17(22)21-9-6-15(7-10-21)11-19-16-18-8-5-14(3)20-16/h4-5,8,15H,6-7,9-12H2,1-3H3,(H,18,19,20)/b13-4+. The third-order valence-corrected chi connectivity index (χ3v) is 4.13. The van der Waals surface area contributed by atoms with E-state index < -0.39 is 0 Å². The number of carbonyl (C=O) groups is 1. The predicted octanol–water partition coefficient (Wildman–Crippen LogP) is 3.01. The zero-order chi connectivity index (χ0) is 16.7. The van der Waals surface area contributed by atoms with Crippen LogP contribution in [0.15, 0.2) is 23.9 Å². The van der Waals surface area contributed by atoms with Gasteiger partial charge < -0.3 is 15.0 Å². The van der Waals surface area contributed by atoms with Crippen LogP contribution in [-0.2, 0) is 4.74 Å². The van der Waals surface area contributed by atoms with Crippen molar-refractivity contribution in [3.8, 4) is 0 Å². The van der Waals surface area contributed by atoms with Gasteiger partial charge >= 0.3 is 6.09 Å². The molecule has 0 unspecified atom stereocenters. The summed E-state index contributed by atoms with van der Waals surface area (Å²) in [6.07, 6.45) is 5.45. The number of aromatic nitrogens is 2. The van der Waals surface area contributed by atoms with Crippen LogP contribution in [-0.4, -0.2) is 47.2 Å². The number of aryl methyl sites for hydroxylation is 1. The van der Waals surface area contributed by atoms with E-state index in [1.165, 1.54) is 0 Å². The van der Waals surface area contributed by atoms with E-state index in [-0.39, 0.29) is 6.09 Å². The Hall–Kier alpha value is -2.11. The fourth-order valence-electron chi connectivity index (χ4n) is 2.44. The van der Waals surface area contributed by atoms with Crippen LogP contribution in [0.3, 0.4) is 0 Å². The van der Waals surface area contributed by atoms with E-state index in [4.69, 9.17) is 4.74 Å². The van der Waals surface area contributed by atoms with Gasteiger partial charge in [-0.2, -0.15) is 0 Å². The molecule has 0 atom stereocenters. The second kappa shape index (κ2) is 8.50. The highest BCUT2D eigenvalue weighted by molar-refractivity contribution is 5.67. The number of nitrogens with zero attached hydrogens (tertiary/aromatic N) is 3. The molecule has 1 aliphatic heterocycles. The molecule has 6 nitrogen and oxygen atoms in total. The maximum atomic E-state index is 12.0. The van der Waals surface area contributed by atoms with Gasteiger partial charge in [-0.1, -0.05) is 6.08 Å². The van der Waals surface area contributed by atoms with Crippen molar-refractivity contribution in [3.05, 3.63) is 29.6 Å². The van der Waals surface area contributed by atoms with Gasteiger partial charge in [0, 0.05) is 31.5 Å². The lowest BCUT2D eigenvalue weighted by molar-refractivity contribution is 0.0954. The molecule has 1 aliphatic rings. The molecule has 2 rings (SSSR count). The first-order valence-electron chi connectivity index (χ1n) is 8.15. The third kappa shape index (κ3) is 5.54. The Morgan fingerprint density at radius 3 is 2.87 bits per heavy atom. The Kier molecular flexibility index (Phi) is 6.38. The number of hydrogen-bond acceptors (Lipinski definition) is 5. The van der Waals surface area contributed by atoms with Crippen molar-refractivity contribution in [2.45, 2.75) is 33.6 Å². The number of piperidine rings is 1. The Bertz CT molecular complexity index is 551. The fourth-order valence-corrected chi connectivity index (χ4v) is 2.44. The molecule has 0 bridgehead atoms. The molecule has 0 aliphatic carbocycles. The van der Waals surface area contributed by atoms with E-state index in [9.17, 15) is 4.79 Å². The Balaban J connectivity index is 1.70. The van der Waals surface area contributed by atoms with Crippen LogP contribution in [0.5, 0.6) is 0 Å². The van der Waals surface area contributed by atoms with Gasteiger partial charge in [0.1, 0.15) is 6.61 Å². The van der Waals surface area contributed by atoms with Gasteiger partial charge in [0.05, 0.1) is 0 Å². The Morgan fingerprint density at radius 2 is 2.22 bits per heavy atom. The average molecular weight is 318 g/mol. The number of amides is 1. The van der Waals surface area contributed by atoms with E-state index in [2.05, 4.69) is 15.3 Å². The molecule has 0 spiro atoms. The number of anilines is 1. The van der Waals surface area contributed by atoms with Crippen LogP contribution in [0.4, 0.5) is 10.7 Å². The summed E-state index contributed by atoms with van der Waals surface area (Å²) < 4.78 is 5.29. The fraction of sp³-hybridized carbons (Fsp3) is 0.588. The van der Waals surface area contributed by atoms with Crippen molar-refractivity contribution in [2.75, 3.05) is 31.6 Å². The molecule has 1 N–H and O–H groups in total. The lowest BCUT2D eigenvalue weighted by atomic mass is 9.97. The van der Waals surface area contributed by atoms with Crippen LogP contribution in [0.1, 0.15) is 32.4 Å². The first-order chi connectivity index (χ1) is 11.1. The quantitative estimate of drug-likeness (QED) is 0.845. The number of ether oxygens (including phenoxy) is 1. The van der Waals surface area contributed by atoms with Crippen LogP contribution in [0.2, 0.25) is 0 Å². The first-order valence-corrected chi connectivity index (χ1v) is 8.15. The van der Waals surface area contributed by atoms with Crippen molar-refractivity contribution in [1.82, 2.24) is 14.9 Å². The van der Waals surface area contributed by atoms with Crippen molar-refractivity contribution < 1.29 is 9.53 Å². The molecule has 1 amide bonds. The minimum absolute atomic E-state index is 0.209. The summed E-state index contributed by atoms with van der Waals surface area (Å²) in [7, 11) is 0. The van der Waals surface area contributed by atoms with Gasteiger partial charge in [-0.3, -0.25) is 0 Å². The summed E-state index contributed by atoms with van der Waals surface area (Å²) in [5.41, 5.74) is 2.02. The topological polar surface area (TPSA) is 67.3 Å². The van der Waals surface area contributed by atoms with Crippen LogP contribution < -0.4 is 5.32 Å². The highest BCUT2D eigenvalue weighted by Crippen LogP contribution is 2.18. The van der Waals surface area contributed by atoms with Gasteiger partial charge in [-0.05, 0) is 51.2 Å². The lowest BCUT2D eigenvalue weighted by Crippen LogP contribution is -2.40. The second-order valence-electron chi connectivity index (χ2n) is 6.02. The van der Waals surface area contributed by atoms with Gasteiger partial charge in [0.2, 0.25) is 5.95 Å². The Labute approximate surface area is 138 Å². The zero-order valence-corrected chi connectivity index (χ0v) is 14.2. The molecule has 0 saturated carbocycles. The van der Waals surface area contributed by atoms with E-state index in [0.29, 0.717) is 18.5 Å². The Morgan fingerprint density at radius 1 is 1.48 bits per heavy atom. The smallest absolute Gasteiger partial charge is 0.410 e. The van der Waals surface area contributed by atoms with E-state index in [1.807, 2.05) is 32.9 Å². The summed E-state index contributed by atoms with van der Waals surface area (Å²) in [5.74, 6) is 1.20. The lowest BCUT2D eigenvalue weighted by Gasteiger charge is -2.31. The average Bonchev–Trinajstić information content (AvgIpc) is 2.58. The highest BCUT2D eigenvalue weighted by atomic mass is 16.6. The molecule has 6 heteroatoms. The predicted molar refractivity (Wildman–Crippen MR) is 90.3 cm³/mol. The molecule has 0 radical (unpaired) electrons. The summed E-state index contributed by atoms with van der Waals surface area (Å²) in [5, 5.41) is 3.28. The van der Waals surface area contributed by atoms with Crippen LogP contribution in [0.25, 0.3) is 0 Å². The summed E-state index contributed by atoms with van der Waals surface area (Å²) in [6, 6.07) is 1.88.